The summed E-state index contributed by atoms with van der Waals surface area (Å²) in [6.07, 6.45) is 1.57. The van der Waals surface area contributed by atoms with E-state index in [1.807, 2.05) is 0 Å². The lowest BCUT2D eigenvalue weighted by atomic mass is 10.1. The summed E-state index contributed by atoms with van der Waals surface area (Å²) >= 11 is 3.19. The second-order valence-corrected chi connectivity index (χ2v) is 4.20. The highest BCUT2D eigenvalue weighted by molar-refractivity contribution is 9.10. The molecule has 1 heterocycles. The lowest BCUT2D eigenvalue weighted by molar-refractivity contribution is 0.610. The van der Waals surface area contributed by atoms with Gasteiger partial charge in [-0.05, 0) is 27.6 Å². The molecular weight excluding hydrogens is 275 g/mol. The Hall–Kier alpha value is -1.27. The molecule has 0 aliphatic carbocycles. The van der Waals surface area contributed by atoms with E-state index in [-0.39, 0.29) is 5.82 Å². The van der Waals surface area contributed by atoms with Crippen molar-refractivity contribution in [1.29, 1.82) is 0 Å². The predicted molar refractivity (Wildman–Crippen MR) is 61.1 cm³/mol. The third-order valence-corrected chi connectivity index (χ3v) is 3.22. The van der Waals surface area contributed by atoms with Gasteiger partial charge in [-0.1, -0.05) is 17.3 Å². The van der Waals surface area contributed by atoms with Gasteiger partial charge in [-0.25, -0.2) is 4.39 Å². The topological polar surface area (TPSA) is 56.7 Å². The monoisotopic (exact) mass is 284 g/mol. The number of benzene rings is 1. The van der Waals surface area contributed by atoms with Crippen molar-refractivity contribution >= 4 is 15.9 Å². The Labute approximate surface area is 100 Å². The van der Waals surface area contributed by atoms with Crippen molar-refractivity contribution in [3.63, 3.8) is 0 Å². The molecule has 4 nitrogen and oxygen atoms in total. The number of nitrogens with two attached hydrogens (primary N) is 1. The highest BCUT2D eigenvalue weighted by Gasteiger charge is 2.17. The maximum absolute atomic E-state index is 13.3. The second-order valence-electron chi connectivity index (χ2n) is 3.40. The molecule has 0 aliphatic heterocycles. The van der Waals surface area contributed by atoms with Crippen molar-refractivity contribution in [2.45, 2.75) is 6.04 Å². The van der Waals surface area contributed by atoms with Crippen LogP contribution in [0, 0.1) is 5.82 Å². The molecule has 1 atom stereocenters. The van der Waals surface area contributed by atoms with E-state index in [4.69, 9.17) is 5.73 Å². The average molecular weight is 285 g/mol. The minimum absolute atomic E-state index is 0.330. The third-order valence-electron chi connectivity index (χ3n) is 2.38. The van der Waals surface area contributed by atoms with Crippen LogP contribution < -0.4 is 5.73 Å². The first-order valence-electron chi connectivity index (χ1n) is 4.65. The number of hydrogen-bond donors (Lipinski definition) is 1. The summed E-state index contributed by atoms with van der Waals surface area (Å²) in [5.74, 6) is -0.330. The molecule has 6 heteroatoms. The lowest BCUT2D eigenvalue weighted by Gasteiger charge is -2.13. The zero-order valence-electron chi connectivity index (χ0n) is 8.56. The van der Waals surface area contributed by atoms with Crippen molar-refractivity contribution in [3.8, 4) is 0 Å². The molecule has 0 spiro atoms. The number of aryl methyl sites for hydroxylation is 1. The fourth-order valence-electron chi connectivity index (χ4n) is 1.50. The Balaban J connectivity index is 2.46. The third kappa shape index (κ3) is 1.85. The van der Waals surface area contributed by atoms with E-state index in [0.29, 0.717) is 10.0 Å². The minimum Gasteiger partial charge on any atom is -0.319 e. The van der Waals surface area contributed by atoms with Crippen LogP contribution in [0.15, 0.2) is 28.9 Å². The van der Waals surface area contributed by atoms with E-state index < -0.39 is 6.04 Å². The molecule has 0 bridgehead atoms. The van der Waals surface area contributed by atoms with Crippen LogP contribution in [0.5, 0.6) is 0 Å². The molecule has 2 N–H and O–H groups in total. The molecule has 1 aromatic carbocycles. The van der Waals surface area contributed by atoms with Crippen LogP contribution in [-0.4, -0.2) is 15.0 Å². The number of aromatic nitrogens is 3. The van der Waals surface area contributed by atoms with Gasteiger partial charge in [0.25, 0.3) is 0 Å². The molecule has 1 unspecified atom stereocenters. The smallest absolute Gasteiger partial charge is 0.137 e. The van der Waals surface area contributed by atoms with Gasteiger partial charge >= 0.3 is 0 Å². The standard InChI is InChI=1S/C10H10BrFN4/c1-16-8(5-14-15-16)10(13)6-3-2-4-7(12)9(6)11/h2-5,10H,13H2,1H3. The van der Waals surface area contributed by atoms with Crippen molar-refractivity contribution in [2.75, 3.05) is 0 Å². The fraction of sp³-hybridized carbons (Fsp3) is 0.200. The number of halogens is 2. The van der Waals surface area contributed by atoms with Gasteiger partial charge < -0.3 is 5.73 Å². The first-order valence-corrected chi connectivity index (χ1v) is 5.44. The average Bonchev–Trinajstić information content (AvgIpc) is 2.68. The summed E-state index contributed by atoms with van der Waals surface area (Å²) in [5, 5.41) is 7.54. The van der Waals surface area contributed by atoms with E-state index in [2.05, 4.69) is 26.2 Å². The molecule has 0 saturated heterocycles. The first kappa shape index (κ1) is 11.2. The van der Waals surface area contributed by atoms with Crippen molar-refractivity contribution in [1.82, 2.24) is 15.0 Å². The van der Waals surface area contributed by atoms with Crippen molar-refractivity contribution in [2.24, 2.45) is 12.8 Å². The lowest BCUT2D eigenvalue weighted by Crippen LogP contribution is -2.16. The van der Waals surface area contributed by atoms with Gasteiger partial charge in [-0.2, -0.15) is 0 Å². The van der Waals surface area contributed by atoms with Crippen LogP contribution >= 0.6 is 15.9 Å². The van der Waals surface area contributed by atoms with Gasteiger partial charge in [0.1, 0.15) is 5.82 Å². The molecule has 0 aliphatic rings. The van der Waals surface area contributed by atoms with Crippen molar-refractivity contribution < 1.29 is 4.39 Å². The second kappa shape index (κ2) is 4.31. The zero-order valence-corrected chi connectivity index (χ0v) is 10.1. The minimum atomic E-state index is -0.454. The normalized spacial score (nSPS) is 12.8. The highest BCUT2D eigenvalue weighted by Crippen LogP contribution is 2.28. The Morgan fingerprint density at radius 3 is 2.88 bits per heavy atom. The number of nitrogens with zero attached hydrogens (tertiary/aromatic N) is 3. The van der Waals surface area contributed by atoms with Gasteiger partial charge in [0.15, 0.2) is 0 Å². The summed E-state index contributed by atoms with van der Waals surface area (Å²) in [7, 11) is 1.75. The molecule has 2 rings (SSSR count). The zero-order chi connectivity index (χ0) is 11.7. The van der Waals surface area contributed by atoms with Crippen LogP contribution in [0.4, 0.5) is 4.39 Å². The maximum atomic E-state index is 13.3. The maximum Gasteiger partial charge on any atom is 0.137 e. The molecule has 0 fully saturated rings. The van der Waals surface area contributed by atoms with Crippen LogP contribution in [0.1, 0.15) is 17.3 Å². The van der Waals surface area contributed by atoms with E-state index in [9.17, 15) is 4.39 Å². The first-order chi connectivity index (χ1) is 7.61. The molecule has 0 saturated carbocycles. The highest BCUT2D eigenvalue weighted by atomic mass is 79.9. The van der Waals surface area contributed by atoms with Crippen molar-refractivity contribution in [3.05, 3.63) is 45.9 Å². The van der Waals surface area contributed by atoms with E-state index in [0.717, 1.165) is 5.69 Å². The predicted octanol–water partition coefficient (Wildman–Crippen LogP) is 1.76. The molecule has 0 amide bonds. The molecule has 1 aromatic heterocycles. The van der Waals surface area contributed by atoms with Crippen LogP contribution in [-0.2, 0) is 7.05 Å². The summed E-state index contributed by atoms with van der Waals surface area (Å²) in [4.78, 5) is 0. The van der Waals surface area contributed by atoms with Crippen LogP contribution in [0.2, 0.25) is 0 Å². The molecule has 16 heavy (non-hydrogen) atoms. The molecular formula is C10H10BrFN4. The Morgan fingerprint density at radius 2 is 2.25 bits per heavy atom. The van der Waals surface area contributed by atoms with Gasteiger partial charge in [0.05, 0.1) is 22.4 Å². The van der Waals surface area contributed by atoms with Crippen LogP contribution in [0.25, 0.3) is 0 Å². The van der Waals surface area contributed by atoms with Crippen LogP contribution in [0.3, 0.4) is 0 Å². The number of hydrogen-bond acceptors (Lipinski definition) is 3. The van der Waals surface area contributed by atoms with Gasteiger partial charge in [-0.3, -0.25) is 4.68 Å². The summed E-state index contributed by atoms with van der Waals surface area (Å²) in [6.45, 7) is 0. The Bertz CT molecular complexity index is 511. The quantitative estimate of drug-likeness (QED) is 0.914. The van der Waals surface area contributed by atoms with E-state index >= 15 is 0 Å². The largest absolute Gasteiger partial charge is 0.319 e. The van der Waals surface area contributed by atoms with Gasteiger partial charge in [0, 0.05) is 7.05 Å². The fourth-order valence-corrected chi connectivity index (χ4v) is 2.01. The molecule has 2 aromatic rings. The molecule has 0 radical (unpaired) electrons. The summed E-state index contributed by atoms with van der Waals surface area (Å²) in [5.41, 5.74) is 7.43. The van der Waals surface area contributed by atoms with Gasteiger partial charge in [0.2, 0.25) is 0 Å². The van der Waals surface area contributed by atoms with Gasteiger partial charge in [-0.15, -0.1) is 5.10 Å². The Kier molecular flexibility index (Phi) is 3.02. The summed E-state index contributed by atoms with van der Waals surface area (Å²) in [6, 6.07) is 4.32. The SMILES string of the molecule is Cn1nncc1C(N)c1cccc(F)c1Br. The van der Waals surface area contributed by atoms with E-state index in [1.165, 1.54) is 6.07 Å². The van der Waals surface area contributed by atoms with E-state index in [1.54, 1.807) is 30.1 Å². The number of rotatable bonds is 2. The summed E-state index contributed by atoms with van der Waals surface area (Å²) < 4.78 is 15.3. The molecule has 84 valence electrons. The Morgan fingerprint density at radius 1 is 1.50 bits per heavy atom.